The zero-order valence-corrected chi connectivity index (χ0v) is 22.7. The summed E-state index contributed by atoms with van der Waals surface area (Å²) in [5, 5.41) is 4.61. The smallest absolute Gasteiger partial charge is 0.139 e. The molecular formula is C29H34FN4O2P. The first-order chi connectivity index (χ1) is 17.8. The van der Waals surface area contributed by atoms with Gasteiger partial charge in [-0.25, -0.2) is 9.37 Å². The van der Waals surface area contributed by atoms with E-state index < -0.39 is 13.0 Å². The fraction of sp³-hybridized carbons (Fsp3) is 0.345. The van der Waals surface area contributed by atoms with Gasteiger partial charge in [-0.2, -0.15) is 0 Å². The van der Waals surface area contributed by atoms with Crippen molar-refractivity contribution >= 4 is 34.9 Å². The fourth-order valence-electron chi connectivity index (χ4n) is 5.10. The average Bonchev–Trinajstić information content (AvgIpc) is 3.52. The van der Waals surface area contributed by atoms with Crippen molar-refractivity contribution in [3.8, 4) is 17.0 Å². The predicted molar refractivity (Wildman–Crippen MR) is 151 cm³/mol. The molecule has 0 spiro atoms. The Hall–Kier alpha value is -3.15. The van der Waals surface area contributed by atoms with Crippen molar-refractivity contribution in [3.05, 3.63) is 66.1 Å². The van der Waals surface area contributed by atoms with Crippen molar-refractivity contribution in [2.75, 3.05) is 37.8 Å². The van der Waals surface area contributed by atoms with Gasteiger partial charge in [-0.1, -0.05) is 19.9 Å². The molecule has 0 amide bonds. The molecule has 0 saturated carbocycles. The molecule has 8 heteroatoms. The lowest BCUT2D eigenvalue weighted by molar-refractivity contribution is 0.208. The molecule has 0 radical (unpaired) electrons. The van der Waals surface area contributed by atoms with Crippen molar-refractivity contribution in [1.82, 2.24) is 14.9 Å². The van der Waals surface area contributed by atoms with Crippen LogP contribution >= 0.6 is 7.14 Å². The van der Waals surface area contributed by atoms with Gasteiger partial charge >= 0.3 is 0 Å². The lowest BCUT2D eigenvalue weighted by Crippen LogP contribution is -2.21. The molecule has 1 atom stereocenters. The molecule has 3 heterocycles. The number of halogens is 1. The summed E-state index contributed by atoms with van der Waals surface area (Å²) in [4.78, 5) is 10.3. The maximum absolute atomic E-state index is 15.0. The first-order valence-corrected chi connectivity index (χ1v) is 15.0. The monoisotopic (exact) mass is 520 g/mol. The Morgan fingerprint density at radius 1 is 1.19 bits per heavy atom. The Bertz CT molecular complexity index is 1460. The number of hydrogen-bond donors (Lipinski definition) is 2. The summed E-state index contributed by atoms with van der Waals surface area (Å²) in [5.41, 5.74) is 4.96. The molecule has 0 bridgehead atoms. The molecule has 1 fully saturated rings. The van der Waals surface area contributed by atoms with E-state index in [-0.39, 0.29) is 6.10 Å². The molecule has 6 nitrogen and oxygen atoms in total. The van der Waals surface area contributed by atoms with Gasteiger partial charge < -0.3 is 24.5 Å². The van der Waals surface area contributed by atoms with Crippen LogP contribution in [-0.2, 0) is 4.57 Å². The summed E-state index contributed by atoms with van der Waals surface area (Å²) in [5.74, 6) is 0.438. The number of fused-ring (bicyclic) bond motifs is 1. The van der Waals surface area contributed by atoms with Crippen molar-refractivity contribution in [2.24, 2.45) is 0 Å². The molecule has 37 heavy (non-hydrogen) atoms. The number of nitrogens with one attached hydrogen (secondary N) is 2. The molecule has 1 aliphatic heterocycles. The van der Waals surface area contributed by atoms with Crippen LogP contribution in [0.4, 0.5) is 15.8 Å². The largest absolute Gasteiger partial charge is 0.489 e. The second-order valence-electron chi connectivity index (χ2n) is 9.86. The summed E-state index contributed by atoms with van der Waals surface area (Å²) in [6, 6.07) is 15.0. The fourth-order valence-corrected chi connectivity index (χ4v) is 7.21. The summed E-state index contributed by atoms with van der Waals surface area (Å²) >= 11 is 0. The predicted octanol–water partition coefficient (Wildman–Crippen LogP) is 6.53. The number of nitrogens with zero attached hydrogens (tertiary/aromatic N) is 2. The number of ether oxygens (including phenoxy) is 1. The molecule has 5 rings (SSSR count). The maximum atomic E-state index is 15.0. The van der Waals surface area contributed by atoms with Crippen LogP contribution in [0.2, 0.25) is 0 Å². The minimum Gasteiger partial charge on any atom is -0.489 e. The van der Waals surface area contributed by atoms with E-state index in [0.29, 0.717) is 23.3 Å². The number of aromatic nitrogens is 2. The SMILES string of the molecule is CCP(=O)(CC)c1c(F)cccc1Nc1c(C)cnc2[nH]c(-c3ccc(O[C@@H]4CCN(C)C4)cc3)cc12. The van der Waals surface area contributed by atoms with Gasteiger partial charge in [0.2, 0.25) is 0 Å². The number of benzene rings is 2. The zero-order valence-electron chi connectivity index (χ0n) is 21.8. The number of hydrogen-bond acceptors (Lipinski definition) is 5. The van der Waals surface area contributed by atoms with Crippen LogP contribution in [0, 0.1) is 12.7 Å². The van der Waals surface area contributed by atoms with E-state index in [1.54, 1.807) is 18.3 Å². The Labute approximate surface area is 217 Å². The van der Waals surface area contributed by atoms with E-state index in [9.17, 15) is 8.96 Å². The van der Waals surface area contributed by atoms with Gasteiger partial charge in [0.1, 0.15) is 30.5 Å². The van der Waals surface area contributed by atoms with Crippen molar-refractivity contribution in [2.45, 2.75) is 33.3 Å². The average molecular weight is 521 g/mol. The molecular weight excluding hydrogens is 486 g/mol. The first-order valence-electron chi connectivity index (χ1n) is 12.9. The number of rotatable bonds is 8. The molecule has 2 aromatic carbocycles. The van der Waals surface area contributed by atoms with Gasteiger partial charge in [0.05, 0.1) is 16.7 Å². The van der Waals surface area contributed by atoms with E-state index in [2.05, 4.69) is 33.3 Å². The van der Waals surface area contributed by atoms with E-state index in [0.717, 1.165) is 58.8 Å². The molecule has 1 saturated heterocycles. The highest BCUT2D eigenvalue weighted by Gasteiger charge is 2.28. The molecule has 194 valence electrons. The normalized spacial score (nSPS) is 16.4. The van der Waals surface area contributed by atoms with Crippen LogP contribution in [0.3, 0.4) is 0 Å². The van der Waals surface area contributed by atoms with Crippen molar-refractivity contribution in [1.29, 1.82) is 0 Å². The Morgan fingerprint density at radius 2 is 1.95 bits per heavy atom. The minimum atomic E-state index is -2.86. The molecule has 0 unspecified atom stereocenters. The lowest BCUT2D eigenvalue weighted by Gasteiger charge is -2.21. The number of likely N-dealkylation sites (N-methyl/N-ethyl adjacent to an activating group) is 1. The highest BCUT2D eigenvalue weighted by atomic mass is 31.2. The Morgan fingerprint density at radius 3 is 2.62 bits per heavy atom. The number of aromatic amines is 1. The number of anilines is 2. The van der Waals surface area contributed by atoms with Crippen LogP contribution < -0.4 is 15.4 Å². The van der Waals surface area contributed by atoms with Crippen molar-refractivity contribution in [3.63, 3.8) is 0 Å². The van der Waals surface area contributed by atoms with Crippen LogP contribution in [0.15, 0.2) is 54.7 Å². The van der Waals surface area contributed by atoms with Gasteiger partial charge in [-0.15, -0.1) is 0 Å². The quantitative estimate of drug-likeness (QED) is 0.259. The topological polar surface area (TPSA) is 70.2 Å². The van der Waals surface area contributed by atoms with Crippen LogP contribution in [0.1, 0.15) is 25.8 Å². The molecule has 2 aromatic heterocycles. The van der Waals surface area contributed by atoms with Gasteiger partial charge in [-0.3, -0.25) is 0 Å². The van der Waals surface area contributed by atoms with Gasteiger partial charge in [0, 0.05) is 42.7 Å². The van der Waals surface area contributed by atoms with Gasteiger partial charge in [0.15, 0.2) is 0 Å². The summed E-state index contributed by atoms with van der Waals surface area (Å²) in [7, 11) is -0.745. The van der Waals surface area contributed by atoms with Crippen LogP contribution in [-0.4, -0.2) is 53.4 Å². The molecule has 1 aliphatic rings. The van der Waals surface area contributed by atoms with Gasteiger partial charge in [0.25, 0.3) is 0 Å². The number of likely N-dealkylation sites (tertiary alicyclic amines) is 1. The molecule has 2 N–H and O–H groups in total. The van der Waals surface area contributed by atoms with E-state index in [1.807, 2.05) is 45.0 Å². The maximum Gasteiger partial charge on any atom is 0.139 e. The van der Waals surface area contributed by atoms with Gasteiger partial charge in [-0.05, 0) is 74.0 Å². The Balaban J connectivity index is 1.47. The molecule has 0 aliphatic carbocycles. The van der Waals surface area contributed by atoms with Crippen LogP contribution in [0.25, 0.3) is 22.3 Å². The van der Waals surface area contributed by atoms with Crippen LogP contribution in [0.5, 0.6) is 5.75 Å². The third kappa shape index (κ3) is 5.03. The second-order valence-corrected chi connectivity index (χ2v) is 13.4. The standard InChI is InChI=1S/C29H34FN4O2P/c1-5-37(35,6-2)28-24(30)8-7-9-25(28)32-27-19(3)17-31-29-23(27)16-26(33-29)20-10-12-21(13-11-20)36-22-14-15-34(4)18-22/h7-13,16-17,22H,5-6,14-15,18H2,1-4H3,(H2,31,32,33)/t22-/m1/s1. The highest BCUT2D eigenvalue weighted by molar-refractivity contribution is 7.71. The minimum absolute atomic E-state index is 0.230. The summed E-state index contributed by atoms with van der Waals surface area (Å²) in [6.45, 7) is 7.69. The zero-order chi connectivity index (χ0) is 26.2. The summed E-state index contributed by atoms with van der Waals surface area (Å²) < 4.78 is 34.7. The van der Waals surface area contributed by atoms with Crippen molar-refractivity contribution < 1.29 is 13.7 Å². The Kier molecular flexibility index (Phi) is 7.11. The lowest BCUT2D eigenvalue weighted by atomic mass is 10.1. The summed E-state index contributed by atoms with van der Waals surface area (Å²) in [6.07, 6.45) is 3.89. The van der Waals surface area contributed by atoms with E-state index >= 15 is 0 Å². The number of pyridine rings is 1. The number of aryl methyl sites for hydroxylation is 1. The first kappa shape index (κ1) is 25.5. The number of H-pyrrole nitrogens is 1. The molecule has 4 aromatic rings. The highest BCUT2D eigenvalue weighted by Crippen LogP contribution is 2.47. The third-order valence-corrected chi connectivity index (χ3v) is 10.7. The second kappa shape index (κ2) is 10.3. The van der Waals surface area contributed by atoms with E-state index in [1.165, 1.54) is 6.07 Å². The van der Waals surface area contributed by atoms with E-state index in [4.69, 9.17) is 4.74 Å². The third-order valence-electron chi connectivity index (χ3n) is 7.34.